The van der Waals surface area contributed by atoms with Crippen LogP contribution in [0.3, 0.4) is 0 Å². The van der Waals surface area contributed by atoms with E-state index in [1.807, 2.05) is 37.4 Å². The van der Waals surface area contributed by atoms with Crippen molar-refractivity contribution < 1.29 is 9.53 Å². The molecule has 0 fully saturated rings. The van der Waals surface area contributed by atoms with Crippen LogP contribution < -0.4 is 4.90 Å². The van der Waals surface area contributed by atoms with E-state index < -0.39 is 0 Å². The first-order chi connectivity index (χ1) is 10.3. The van der Waals surface area contributed by atoms with Gasteiger partial charge in [-0.05, 0) is 49.6 Å². The largest absolute Gasteiger partial charge is 0.462 e. The second-order valence-corrected chi connectivity index (χ2v) is 4.99. The Kier molecular flexibility index (Phi) is 3.86. The zero-order valence-electron chi connectivity index (χ0n) is 12.1. The topological polar surface area (TPSA) is 42.4 Å². The second kappa shape index (κ2) is 5.95. The van der Waals surface area contributed by atoms with Crippen LogP contribution in [0.25, 0.3) is 0 Å². The Morgan fingerprint density at radius 1 is 1.33 bits per heavy atom. The van der Waals surface area contributed by atoms with Crippen LogP contribution in [0, 0.1) is 0 Å². The van der Waals surface area contributed by atoms with Crippen LogP contribution in [0.15, 0.2) is 42.7 Å². The number of carbonyl (C=O) groups is 1. The normalized spacial score (nSPS) is 13.7. The minimum Gasteiger partial charge on any atom is -0.462 e. The van der Waals surface area contributed by atoms with Gasteiger partial charge in [0.1, 0.15) is 0 Å². The van der Waals surface area contributed by atoms with E-state index in [0.29, 0.717) is 12.2 Å². The molecule has 0 saturated heterocycles. The first-order valence-electron chi connectivity index (χ1n) is 7.28. The van der Waals surface area contributed by atoms with Crippen molar-refractivity contribution in [2.75, 3.05) is 18.1 Å². The van der Waals surface area contributed by atoms with Gasteiger partial charge in [-0.25, -0.2) is 4.79 Å². The maximum Gasteiger partial charge on any atom is 0.338 e. The Morgan fingerprint density at radius 3 is 3.00 bits per heavy atom. The number of hydrogen-bond acceptors (Lipinski definition) is 4. The van der Waals surface area contributed by atoms with Gasteiger partial charge in [-0.1, -0.05) is 6.07 Å². The Hall–Kier alpha value is -2.36. The minimum absolute atomic E-state index is 0.234. The molecule has 1 aromatic carbocycles. The van der Waals surface area contributed by atoms with E-state index in [1.54, 1.807) is 6.20 Å². The number of benzene rings is 1. The lowest BCUT2D eigenvalue weighted by molar-refractivity contribution is 0.0525. The lowest BCUT2D eigenvalue weighted by Crippen LogP contribution is -2.26. The molecule has 0 radical (unpaired) electrons. The molecule has 2 aromatic rings. The third kappa shape index (κ3) is 2.61. The predicted molar refractivity (Wildman–Crippen MR) is 82.0 cm³/mol. The molecule has 3 rings (SSSR count). The number of ether oxygens (including phenoxy) is 1. The molecule has 0 saturated carbocycles. The average molecular weight is 282 g/mol. The molecule has 0 aliphatic carbocycles. The summed E-state index contributed by atoms with van der Waals surface area (Å²) in [4.78, 5) is 18.5. The number of carbonyl (C=O) groups excluding carboxylic acids is 1. The SMILES string of the molecule is CCOC(=O)c1cccc2c1CCCN2c1cccnc1. The molecule has 0 N–H and O–H groups in total. The maximum absolute atomic E-state index is 12.1. The molecule has 4 heteroatoms. The zero-order chi connectivity index (χ0) is 14.7. The number of anilines is 2. The molecule has 1 aliphatic heterocycles. The van der Waals surface area contributed by atoms with Crippen LogP contribution in [0.5, 0.6) is 0 Å². The fourth-order valence-electron chi connectivity index (χ4n) is 2.81. The molecule has 1 aliphatic rings. The summed E-state index contributed by atoms with van der Waals surface area (Å²) in [5, 5.41) is 0. The van der Waals surface area contributed by atoms with Gasteiger partial charge in [0.15, 0.2) is 0 Å². The van der Waals surface area contributed by atoms with Crippen molar-refractivity contribution in [2.24, 2.45) is 0 Å². The lowest BCUT2D eigenvalue weighted by atomic mass is 9.96. The predicted octanol–water partition coefficient (Wildman–Crippen LogP) is 3.34. The molecule has 0 amide bonds. The van der Waals surface area contributed by atoms with Gasteiger partial charge >= 0.3 is 5.97 Å². The summed E-state index contributed by atoms with van der Waals surface area (Å²) in [7, 11) is 0. The molecule has 0 unspecified atom stereocenters. The van der Waals surface area contributed by atoms with Gasteiger partial charge in [-0.15, -0.1) is 0 Å². The Balaban J connectivity index is 2.03. The molecular weight excluding hydrogens is 264 g/mol. The number of nitrogens with zero attached hydrogens (tertiary/aromatic N) is 2. The quantitative estimate of drug-likeness (QED) is 0.810. The molecule has 2 heterocycles. The molecular formula is C17H18N2O2. The molecule has 21 heavy (non-hydrogen) atoms. The van der Waals surface area contributed by atoms with Gasteiger partial charge in [-0.3, -0.25) is 4.98 Å². The lowest BCUT2D eigenvalue weighted by Gasteiger charge is -2.32. The van der Waals surface area contributed by atoms with Gasteiger partial charge < -0.3 is 9.64 Å². The Morgan fingerprint density at radius 2 is 2.24 bits per heavy atom. The third-order valence-electron chi connectivity index (χ3n) is 3.70. The van der Waals surface area contributed by atoms with Crippen LogP contribution in [0.2, 0.25) is 0 Å². The van der Waals surface area contributed by atoms with Crippen molar-refractivity contribution in [2.45, 2.75) is 19.8 Å². The molecule has 0 spiro atoms. The van der Waals surface area contributed by atoms with E-state index in [9.17, 15) is 4.79 Å². The van der Waals surface area contributed by atoms with Gasteiger partial charge in [0.05, 0.1) is 24.1 Å². The molecule has 4 nitrogen and oxygen atoms in total. The highest BCUT2D eigenvalue weighted by atomic mass is 16.5. The maximum atomic E-state index is 12.1. The van der Waals surface area contributed by atoms with Gasteiger partial charge in [0.25, 0.3) is 0 Å². The fraction of sp³-hybridized carbons (Fsp3) is 0.294. The summed E-state index contributed by atoms with van der Waals surface area (Å²) in [5.74, 6) is -0.234. The summed E-state index contributed by atoms with van der Waals surface area (Å²) < 4.78 is 5.17. The Labute approximate surface area is 124 Å². The van der Waals surface area contributed by atoms with E-state index in [2.05, 4.69) is 16.0 Å². The first kappa shape index (κ1) is 13.6. The summed E-state index contributed by atoms with van der Waals surface area (Å²) in [5.41, 5.74) is 3.90. The highest BCUT2D eigenvalue weighted by Crippen LogP contribution is 2.35. The summed E-state index contributed by atoms with van der Waals surface area (Å²) >= 11 is 0. The number of hydrogen-bond donors (Lipinski definition) is 0. The van der Waals surface area contributed by atoms with Gasteiger partial charge in [-0.2, -0.15) is 0 Å². The highest BCUT2D eigenvalue weighted by molar-refractivity contribution is 5.93. The summed E-state index contributed by atoms with van der Waals surface area (Å²) in [6.07, 6.45) is 5.54. The molecule has 108 valence electrons. The van der Waals surface area contributed by atoms with Gasteiger partial charge in [0.2, 0.25) is 0 Å². The van der Waals surface area contributed by atoms with E-state index >= 15 is 0 Å². The van der Waals surface area contributed by atoms with Crippen molar-refractivity contribution in [3.8, 4) is 0 Å². The third-order valence-corrected chi connectivity index (χ3v) is 3.70. The van der Waals surface area contributed by atoms with Crippen LogP contribution in [0.1, 0.15) is 29.3 Å². The van der Waals surface area contributed by atoms with Crippen molar-refractivity contribution in [1.82, 2.24) is 4.98 Å². The number of fused-ring (bicyclic) bond motifs is 1. The monoisotopic (exact) mass is 282 g/mol. The van der Waals surface area contributed by atoms with Crippen molar-refractivity contribution in [1.29, 1.82) is 0 Å². The van der Waals surface area contributed by atoms with E-state index in [4.69, 9.17) is 4.74 Å². The number of pyridine rings is 1. The van der Waals surface area contributed by atoms with E-state index in [1.165, 1.54) is 0 Å². The number of esters is 1. The second-order valence-electron chi connectivity index (χ2n) is 4.99. The fourth-order valence-corrected chi connectivity index (χ4v) is 2.81. The highest BCUT2D eigenvalue weighted by Gasteiger charge is 2.23. The average Bonchev–Trinajstić information content (AvgIpc) is 2.55. The summed E-state index contributed by atoms with van der Waals surface area (Å²) in [6, 6.07) is 9.80. The van der Waals surface area contributed by atoms with Crippen molar-refractivity contribution in [3.05, 3.63) is 53.9 Å². The van der Waals surface area contributed by atoms with E-state index in [0.717, 1.165) is 36.3 Å². The number of rotatable bonds is 3. The van der Waals surface area contributed by atoms with Crippen LogP contribution in [-0.2, 0) is 11.2 Å². The van der Waals surface area contributed by atoms with Crippen molar-refractivity contribution in [3.63, 3.8) is 0 Å². The minimum atomic E-state index is -0.234. The van der Waals surface area contributed by atoms with Gasteiger partial charge in [0, 0.05) is 18.4 Å². The zero-order valence-corrected chi connectivity index (χ0v) is 12.1. The van der Waals surface area contributed by atoms with Crippen LogP contribution in [-0.4, -0.2) is 24.1 Å². The molecule has 1 aromatic heterocycles. The van der Waals surface area contributed by atoms with Crippen LogP contribution >= 0.6 is 0 Å². The van der Waals surface area contributed by atoms with Crippen molar-refractivity contribution >= 4 is 17.3 Å². The van der Waals surface area contributed by atoms with E-state index in [-0.39, 0.29) is 5.97 Å². The number of aromatic nitrogens is 1. The smallest absolute Gasteiger partial charge is 0.338 e. The molecule has 0 bridgehead atoms. The Bertz CT molecular complexity index is 640. The standard InChI is InChI=1S/C17H18N2O2/c1-2-21-17(20)15-7-3-9-16-14(15)8-5-11-19(16)13-6-4-10-18-12-13/h3-4,6-7,9-10,12H,2,5,8,11H2,1H3. The summed E-state index contributed by atoms with van der Waals surface area (Å²) in [6.45, 7) is 3.16. The molecule has 0 atom stereocenters. The first-order valence-corrected chi connectivity index (χ1v) is 7.28. The van der Waals surface area contributed by atoms with Crippen LogP contribution in [0.4, 0.5) is 11.4 Å².